The highest BCUT2D eigenvalue weighted by molar-refractivity contribution is 9.11. The number of likely N-dealkylation sites (N-methyl/N-ethyl adjacent to an activating group) is 1. The van der Waals surface area contributed by atoms with Crippen LogP contribution in [0.3, 0.4) is 0 Å². The van der Waals surface area contributed by atoms with Gasteiger partial charge in [0.25, 0.3) is 0 Å². The monoisotopic (exact) mass is 369 g/mol. The summed E-state index contributed by atoms with van der Waals surface area (Å²) in [6.07, 6.45) is 1.10. The number of nitrogens with one attached hydrogen (secondary N) is 1. The molecule has 0 fully saturated rings. The number of rotatable bonds is 7. The SMILES string of the molecule is CCNC(CSc1ccccc1C)Cc1ccc(Br)s1. The molecule has 2 aromatic rings. The third-order valence-electron chi connectivity index (χ3n) is 3.10. The lowest BCUT2D eigenvalue weighted by Gasteiger charge is -2.17. The van der Waals surface area contributed by atoms with E-state index in [2.05, 4.69) is 71.5 Å². The summed E-state index contributed by atoms with van der Waals surface area (Å²) >= 11 is 7.32. The van der Waals surface area contributed by atoms with Gasteiger partial charge in [0, 0.05) is 21.6 Å². The van der Waals surface area contributed by atoms with Crippen LogP contribution in [0.1, 0.15) is 17.4 Å². The Morgan fingerprint density at radius 3 is 2.70 bits per heavy atom. The molecule has 1 nitrogen and oxygen atoms in total. The zero-order valence-corrected chi connectivity index (χ0v) is 15.1. The van der Waals surface area contributed by atoms with Gasteiger partial charge in [-0.05, 0) is 59.6 Å². The summed E-state index contributed by atoms with van der Waals surface area (Å²) in [5.41, 5.74) is 1.37. The smallest absolute Gasteiger partial charge is 0.0701 e. The Hall–Kier alpha value is -0.290. The quantitative estimate of drug-likeness (QED) is 0.678. The second-order valence-corrected chi connectivity index (χ2v) is 8.35. The molecule has 4 heteroatoms. The molecular formula is C16H20BrNS2. The van der Waals surface area contributed by atoms with Gasteiger partial charge in [-0.1, -0.05) is 25.1 Å². The molecule has 0 aliphatic carbocycles. The molecular weight excluding hydrogens is 350 g/mol. The molecule has 0 radical (unpaired) electrons. The normalized spacial score (nSPS) is 12.6. The van der Waals surface area contributed by atoms with Crippen molar-refractivity contribution in [2.45, 2.75) is 31.2 Å². The van der Waals surface area contributed by atoms with Crippen LogP contribution in [0.15, 0.2) is 45.1 Å². The molecule has 0 spiro atoms. The molecule has 20 heavy (non-hydrogen) atoms. The van der Waals surface area contributed by atoms with Crippen molar-refractivity contribution >= 4 is 39.0 Å². The van der Waals surface area contributed by atoms with Crippen LogP contribution in [-0.2, 0) is 6.42 Å². The second kappa shape index (κ2) is 8.23. The van der Waals surface area contributed by atoms with Gasteiger partial charge in [0.05, 0.1) is 3.79 Å². The first-order valence-corrected chi connectivity index (χ1v) is 9.44. The standard InChI is InChI=1S/C16H20BrNS2/c1-3-18-13(10-14-8-9-16(17)20-14)11-19-15-7-5-4-6-12(15)2/h4-9,13,18H,3,10-11H2,1-2H3. The van der Waals surface area contributed by atoms with Gasteiger partial charge in [-0.2, -0.15) is 0 Å². The van der Waals surface area contributed by atoms with Crippen molar-refractivity contribution in [2.24, 2.45) is 0 Å². The van der Waals surface area contributed by atoms with Crippen molar-refractivity contribution < 1.29 is 0 Å². The van der Waals surface area contributed by atoms with E-state index in [9.17, 15) is 0 Å². The maximum Gasteiger partial charge on any atom is 0.0701 e. The van der Waals surface area contributed by atoms with Crippen LogP contribution in [0.2, 0.25) is 0 Å². The van der Waals surface area contributed by atoms with Crippen LogP contribution in [0.4, 0.5) is 0 Å². The third kappa shape index (κ3) is 4.92. The van der Waals surface area contributed by atoms with E-state index < -0.39 is 0 Å². The molecule has 0 bridgehead atoms. The zero-order valence-electron chi connectivity index (χ0n) is 11.9. The number of thioether (sulfide) groups is 1. The van der Waals surface area contributed by atoms with E-state index in [1.807, 2.05) is 23.1 Å². The third-order valence-corrected chi connectivity index (χ3v) is 6.09. The van der Waals surface area contributed by atoms with Gasteiger partial charge in [0.1, 0.15) is 0 Å². The highest BCUT2D eigenvalue weighted by Crippen LogP contribution is 2.26. The first-order valence-electron chi connectivity index (χ1n) is 6.85. The Bertz CT molecular complexity index is 539. The molecule has 0 amide bonds. The van der Waals surface area contributed by atoms with Gasteiger partial charge >= 0.3 is 0 Å². The Labute approximate surface area is 138 Å². The second-order valence-electron chi connectivity index (χ2n) is 4.74. The van der Waals surface area contributed by atoms with E-state index in [1.165, 1.54) is 19.1 Å². The van der Waals surface area contributed by atoms with Gasteiger partial charge < -0.3 is 5.32 Å². The van der Waals surface area contributed by atoms with Crippen molar-refractivity contribution in [3.8, 4) is 0 Å². The molecule has 108 valence electrons. The summed E-state index contributed by atoms with van der Waals surface area (Å²) in [5, 5.41) is 3.60. The van der Waals surface area contributed by atoms with Gasteiger partial charge in [0.2, 0.25) is 0 Å². The van der Waals surface area contributed by atoms with Crippen LogP contribution < -0.4 is 5.32 Å². The molecule has 1 N–H and O–H groups in total. The van der Waals surface area contributed by atoms with E-state index in [0.717, 1.165) is 18.7 Å². The number of halogens is 1. The molecule has 0 saturated heterocycles. The van der Waals surface area contributed by atoms with E-state index in [4.69, 9.17) is 0 Å². The molecule has 1 unspecified atom stereocenters. The first-order chi connectivity index (χ1) is 9.69. The number of benzene rings is 1. The molecule has 0 saturated carbocycles. The minimum Gasteiger partial charge on any atom is -0.313 e. The molecule has 1 atom stereocenters. The van der Waals surface area contributed by atoms with Crippen LogP contribution in [0, 0.1) is 6.92 Å². The lowest BCUT2D eigenvalue weighted by Crippen LogP contribution is -2.33. The minimum atomic E-state index is 0.523. The molecule has 1 aromatic carbocycles. The van der Waals surface area contributed by atoms with E-state index >= 15 is 0 Å². The fourth-order valence-electron chi connectivity index (χ4n) is 2.09. The molecule has 2 rings (SSSR count). The van der Waals surface area contributed by atoms with Crippen molar-refractivity contribution in [3.63, 3.8) is 0 Å². The largest absolute Gasteiger partial charge is 0.313 e. The topological polar surface area (TPSA) is 12.0 Å². The summed E-state index contributed by atoms with van der Waals surface area (Å²) in [7, 11) is 0. The maximum atomic E-state index is 3.60. The Morgan fingerprint density at radius 2 is 2.05 bits per heavy atom. The number of hydrogen-bond acceptors (Lipinski definition) is 3. The highest BCUT2D eigenvalue weighted by Gasteiger charge is 2.11. The average molecular weight is 370 g/mol. The van der Waals surface area contributed by atoms with Gasteiger partial charge in [-0.3, -0.25) is 0 Å². The Balaban J connectivity index is 1.94. The van der Waals surface area contributed by atoms with Gasteiger partial charge in [-0.25, -0.2) is 0 Å². The summed E-state index contributed by atoms with van der Waals surface area (Å²) in [4.78, 5) is 2.83. The van der Waals surface area contributed by atoms with Crippen LogP contribution >= 0.6 is 39.0 Å². The predicted octanol–water partition coefficient (Wildman–Crippen LogP) is 5.13. The summed E-state index contributed by atoms with van der Waals surface area (Å²) < 4.78 is 1.22. The zero-order chi connectivity index (χ0) is 14.4. The van der Waals surface area contributed by atoms with E-state index in [0.29, 0.717) is 6.04 Å². The summed E-state index contributed by atoms with van der Waals surface area (Å²) in [6.45, 7) is 5.38. The van der Waals surface area contributed by atoms with Crippen molar-refractivity contribution in [1.29, 1.82) is 0 Å². The van der Waals surface area contributed by atoms with Gasteiger partial charge in [-0.15, -0.1) is 23.1 Å². The average Bonchev–Trinajstić information content (AvgIpc) is 2.83. The van der Waals surface area contributed by atoms with Crippen molar-refractivity contribution in [2.75, 3.05) is 12.3 Å². The van der Waals surface area contributed by atoms with Crippen molar-refractivity contribution in [1.82, 2.24) is 5.32 Å². The number of thiophene rings is 1. The van der Waals surface area contributed by atoms with E-state index in [1.54, 1.807) is 0 Å². The summed E-state index contributed by atoms with van der Waals surface area (Å²) in [5.74, 6) is 1.11. The molecule has 1 heterocycles. The minimum absolute atomic E-state index is 0.523. The first kappa shape index (κ1) is 16.1. The maximum absolute atomic E-state index is 3.60. The highest BCUT2D eigenvalue weighted by atomic mass is 79.9. The number of hydrogen-bond donors (Lipinski definition) is 1. The summed E-state index contributed by atoms with van der Waals surface area (Å²) in [6, 6.07) is 13.5. The fourth-order valence-corrected chi connectivity index (χ4v) is 4.74. The Kier molecular flexibility index (Phi) is 6.62. The number of aryl methyl sites for hydroxylation is 1. The fraction of sp³-hybridized carbons (Fsp3) is 0.375. The molecule has 0 aliphatic heterocycles. The van der Waals surface area contributed by atoms with Gasteiger partial charge in [0.15, 0.2) is 0 Å². The molecule has 0 aliphatic rings. The van der Waals surface area contributed by atoms with E-state index in [-0.39, 0.29) is 0 Å². The Morgan fingerprint density at radius 1 is 1.25 bits per heavy atom. The van der Waals surface area contributed by atoms with Crippen LogP contribution in [-0.4, -0.2) is 18.3 Å². The lowest BCUT2D eigenvalue weighted by atomic mass is 10.2. The van der Waals surface area contributed by atoms with Crippen LogP contribution in [0.25, 0.3) is 0 Å². The predicted molar refractivity (Wildman–Crippen MR) is 95.1 cm³/mol. The lowest BCUT2D eigenvalue weighted by molar-refractivity contribution is 0.576. The van der Waals surface area contributed by atoms with Crippen LogP contribution in [0.5, 0.6) is 0 Å². The van der Waals surface area contributed by atoms with Crippen molar-refractivity contribution in [3.05, 3.63) is 50.6 Å². The molecule has 1 aromatic heterocycles.